The minimum Gasteiger partial charge on any atom is -0.354 e. The molecular weight excluding hydrogens is 216 g/mol. The minimum absolute atomic E-state index is 0.242. The molecule has 0 fully saturated rings. The molecule has 0 amide bonds. The van der Waals surface area contributed by atoms with Crippen LogP contribution >= 0.6 is 0 Å². The van der Waals surface area contributed by atoms with E-state index in [1.54, 1.807) is 0 Å². The lowest BCUT2D eigenvalue weighted by Crippen LogP contribution is -2.26. The summed E-state index contributed by atoms with van der Waals surface area (Å²) in [5.74, 6) is 1.76. The lowest BCUT2D eigenvalue weighted by Gasteiger charge is -2.24. The highest BCUT2D eigenvalue weighted by Crippen LogP contribution is 2.27. The summed E-state index contributed by atoms with van der Waals surface area (Å²) in [5, 5.41) is 12.1. The number of fused-ring (bicyclic) bond motifs is 1. The van der Waals surface area contributed by atoms with Gasteiger partial charge in [-0.3, -0.25) is 4.68 Å². The molecule has 0 aromatic carbocycles. The Morgan fingerprint density at radius 1 is 1.53 bits per heavy atom. The molecule has 1 N–H and O–H groups in total. The van der Waals surface area contributed by atoms with Crippen LogP contribution in [0.25, 0.3) is 0 Å². The molecule has 0 bridgehead atoms. The van der Waals surface area contributed by atoms with Crippen LogP contribution in [0.15, 0.2) is 12.3 Å². The number of nitrogens with zero attached hydrogens (tertiary/aromatic N) is 5. The predicted octanol–water partition coefficient (Wildman–Crippen LogP) is 0.979. The van der Waals surface area contributed by atoms with Gasteiger partial charge in [0.1, 0.15) is 0 Å². The van der Waals surface area contributed by atoms with E-state index in [2.05, 4.69) is 27.4 Å². The average molecular weight is 232 g/mol. The molecule has 0 saturated carbocycles. The Morgan fingerprint density at radius 3 is 3.12 bits per heavy atom. The van der Waals surface area contributed by atoms with E-state index in [4.69, 9.17) is 0 Å². The van der Waals surface area contributed by atoms with Gasteiger partial charge >= 0.3 is 0 Å². The summed E-state index contributed by atoms with van der Waals surface area (Å²) in [6.45, 7) is 3.00. The number of aromatic nitrogens is 5. The van der Waals surface area contributed by atoms with Gasteiger partial charge in [-0.05, 0) is 12.5 Å². The summed E-state index contributed by atoms with van der Waals surface area (Å²) >= 11 is 0. The highest BCUT2D eigenvalue weighted by Gasteiger charge is 2.25. The molecule has 0 aliphatic carbocycles. The average Bonchev–Trinajstić information content (AvgIpc) is 2.93. The van der Waals surface area contributed by atoms with E-state index in [-0.39, 0.29) is 6.04 Å². The van der Waals surface area contributed by atoms with Crippen LogP contribution in [0.4, 0.5) is 5.95 Å². The molecule has 0 radical (unpaired) electrons. The van der Waals surface area contributed by atoms with Crippen molar-refractivity contribution in [1.82, 2.24) is 24.5 Å². The van der Waals surface area contributed by atoms with Crippen molar-refractivity contribution in [2.75, 3.05) is 11.9 Å². The second-order valence-electron chi connectivity index (χ2n) is 4.26. The van der Waals surface area contributed by atoms with E-state index in [9.17, 15) is 0 Å². The molecule has 1 atom stereocenters. The van der Waals surface area contributed by atoms with Gasteiger partial charge in [0, 0.05) is 26.2 Å². The van der Waals surface area contributed by atoms with Crippen molar-refractivity contribution in [3.63, 3.8) is 0 Å². The quantitative estimate of drug-likeness (QED) is 0.838. The third kappa shape index (κ3) is 1.60. The van der Waals surface area contributed by atoms with Crippen molar-refractivity contribution in [1.29, 1.82) is 0 Å². The highest BCUT2D eigenvalue weighted by atomic mass is 15.4. The maximum absolute atomic E-state index is 4.55. The minimum atomic E-state index is 0.242. The van der Waals surface area contributed by atoms with Gasteiger partial charge < -0.3 is 5.32 Å². The van der Waals surface area contributed by atoms with Gasteiger partial charge in [-0.2, -0.15) is 15.2 Å². The number of nitrogens with one attached hydrogen (secondary N) is 1. The molecule has 0 saturated heterocycles. The summed E-state index contributed by atoms with van der Waals surface area (Å²) in [4.78, 5) is 4.47. The van der Waals surface area contributed by atoms with E-state index in [0.29, 0.717) is 0 Å². The van der Waals surface area contributed by atoms with E-state index in [1.807, 2.05) is 28.7 Å². The molecular formula is C11H16N6. The smallest absolute Gasteiger partial charge is 0.222 e. The molecule has 1 unspecified atom stereocenters. The van der Waals surface area contributed by atoms with Gasteiger partial charge in [0.25, 0.3) is 0 Å². The first-order valence-corrected chi connectivity index (χ1v) is 5.96. The molecule has 6 nitrogen and oxygen atoms in total. The predicted molar refractivity (Wildman–Crippen MR) is 63.9 cm³/mol. The Labute approximate surface area is 99.7 Å². The molecule has 6 heteroatoms. The number of aryl methyl sites for hydroxylation is 2. The molecule has 3 heterocycles. The largest absolute Gasteiger partial charge is 0.354 e. The van der Waals surface area contributed by atoms with E-state index >= 15 is 0 Å². The monoisotopic (exact) mass is 232 g/mol. The number of hydrogen-bond acceptors (Lipinski definition) is 4. The Kier molecular flexibility index (Phi) is 2.35. The van der Waals surface area contributed by atoms with Crippen LogP contribution in [0.1, 0.15) is 30.9 Å². The topological polar surface area (TPSA) is 60.6 Å². The maximum atomic E-state index is 4.55. The van der Waals surface area contributed by atoms with Crippen LogP contribution in [0.3, 0.4) is 0 Å². The van der Waals surface area contributed by atoms with Crippen molar-refractivity contribution >= 4 is 5.95 Å². The lowest BCUT2D eigenvalue weighted by molar-refractivity contribution is 0.449. The number of anilines is 1. The zero-order valence-corrected chi connectivity index (χ0v) is 10.1. The van der Waals surface area contributed by atoms with Gasteiger partial charge in [0.2, 0.25) is 5.95 Å². The highest BCUT2D eigenvalue weighted by molar-refractivity contribution is 5.30. The van der Waals surface area contributed by atoms with Crippen molar-refractivity contribution in [2.45, 2.75) is 25.8 Å². The van der Waals surface area contributed by atoms with Crippen LogP contribution in [0.2, 0.25) is 0 Å². The Hall–Kier alpha value is -1.85. The fraction of sp³-hybridized carbons (Fsp3) is 0.545. The van der Waals surface area contributed by atoms with Gasteiger partial charge in [-0.15, -0.1) is 0 Å². The third-order valence-corrected chi connectivity index (χ3v) is 3.19. The second-order valence-corrected chi connectivity index (χ2v) is 4.26. The number of rotatable bonds is 2. The zero-order valence-electron chi connectivity index (χ0n) is 10.1. The zero-order chi connectivity index (χ0) is 11.8. The van der Waals surface area contributed by atoms with E-state index < -0.39 is 0 Å². The first-order chi connectivity index (χ1) is 8.29. The summed E-state index contributed by atoms with van der Waals surface area (Å²) in [6, 6.07) is 2.29. The molecule has 2 aromatic heterocycles. The molecule has 3 rings (SSSR count). The Balaban J connectivity index is 2.04. The van der Waals surface area contributed by atoms with Crippen molar-refractivity contribution in [3.05, 3.63) is 23.8 Å². The van der Waals surface area contributed by atoms with Crippen LogP contribution in [0, 0.1) is 0 Å². The van der Waals surface area contributed by atoms with Gasteiger partial charge in [-0.1, -0.05) is 6.92 Å². The van der Waals surface area contributed by atoms with Crippen LogP contribution in [-0.2, 0) is 13.5 Å². The molecule has 90 valence electrons. The first-order valence-electron chi connectivity index (χ1n) is 5.96. The van der Waals surface area contributed by atoms with Gasteiger partial charge in [-0.25, -0.2) is 4.68 Å². The van der Waals surface area contributed by atoms with Crippen LogP contribution < -0.4 is 5.32 Å². The van der Waals surface area contributed by atoms with Crippen molar-refractivity contribution < 1.29 is 0 Å². The molecule has 0 spiro atoms. The maximum Gasteiger partial charge on any atom is 0.222 e. The van der Waals surface area contributed by atoms with Crippen LogP contribution in [0.5, 0.6) is 0 Å². The van der Waals surface area contributed by atoms with E-state index in [1.165, 1.54) is 5.69 Å². The third-order valence-electron chi connectivity index (χ3n) is 3.19. The van der Waals surface area contributed by atoms with E-state index in [0.717, 1.165) is 31.2 Å². The van der Waals surface area contributed by atoms with Crippen molar-refractivity contribution in [3.8, 4) is 0 Å². The normalized spacial score (nSPS) is 18.8. The summed E-state index contributed by atoms with van der Waals surface area (Å²) in [6.07, 6.45) is 3.70. The fourth-order valence-corrected chi connectivity index (χ4v) is 2.28. The van der Waals surface area contributed by atoms with Crippen molar-refractivity contribution in [2.24, 2.45) is 7.05 Å². The van der Waals surface area contributed by atoms with Gasteiger partial charge in [0.05, 0.1) is 11.7 Å². The Bertz CT molecular complexity index is 526. The molecule has 1 aliphatic rings. The fourth-order valence-electron chi connectivity index (χ4n) is 2.28. The molecule has 2 aromatic rings. The van der Waals surface area contributed by atoms with Gasteiger partial charge in [0.15, 0.2) is 5.82 Å². The Morgan fingerprint density at radius 2 is 2.41 bits per heavy atom. The lowest BCUT2D eigenvalue weighted by atomic mass is 10.1. The molecule has 1 aliphatic heterocycles. The summed E-state index contributed by atoms with van der Waals surface area (Å²) in [7, 11) is 1.97. The first kappa shape index (κ1) is 10.3. The summed E-state index contributed by atoms with van der Waals surface area (Å²) < 4.78 is 3.90. The molecule has 17 heavy (non-hydrogen) atoms. The second kappa shape index (κ2) is 3.87. The SMILES string of the molecule is CCc1nc2n(n1)C(c1ccnn1C)CCN2. The van der Waals surface area contributed by atoms with Crippen LogP contribution in [-0.4, -0.2) is 31.1 Å². The summed E-state index contributed by atoms with van der Waals surface area (Å²) in [5.41, 5.74) is 1.18. The number of hydrogen-bond donors (Lipinski definition) is 1. The standard InChI is InChI=1S/C11H16N6/c1-3-10-14-11-12-6-4-9(17(11)15-10)8-5-7-13-16(8)2/h5,7,9H,3-4,6H2,1-2H3,(H,12,14,15).